The number of rotatable bonds is 3. The Kier molecular flexibility index (Phi) is 3.55. The fourth-order valence-electron chi connectivity index (χ4n) is 2.45. The number of carbonyl (C=O) groups is 1. The molecule has 110 valence electrons. The number of hydrogen-bond donors (Lipinski definition) is 1. The number of nitrogens with one attached hydrogen (secondary N) is 1. The second-order valence-electron chi connectivity index (χ2n) is 5.09. The molecule has 0 bridgehead atoms. The number of aromatic nitrogens is 3. The monoisotopic (exact) mass is 287 g/mol. The molecule has 7 nitrogen and oxygen atoms in total. The van der Waals surface area contributed by atoms with Crippen LogP contribution in [0, 0.1) is 13.8 Å². The Balaban J connectivity index is 1.84. The molecule has 21 heavy (non-hydrogen) atoms. The van der Waals surface area contributed by atoms with Gasteiger partial charge in [0.05, 0.1) is 23.3 Å². The molecule has 1 amide bonds. The highest BCUT2D eigenvalue weighted by molar-refractivity contribution is 6.02. The van der Waals surface area contributed by atoms with E-state index in [4.69, 9.17) is 4.52 Å². The Morgan fingerprint density at radius 3 is 2.48 bits per heavy atom. The van der Waals surface area contributed by atoms with Gasteiger partial charge in [0.25, 0.3) is 5.91 Å². The van der Waals surface area contributed by atoms with E-state index in [0.29, 0.717) is 5.69 Å². The van der Waals surface area contributed by atoms with Crippen LogP contribution >= 0.6 is 0 Å². The Hall–Kier alpha value is -2.44. The average molecular weight is 287 g/mol. The summed E-state index contributed by atoms with van der Waals surface area (Å²) in [5, 5.41) is 6.30. The van der Waals surface area contributed by atoms with Crippen LogP contribution in [-0.2, 0) is 0 Å². The van der Waals surface area contributed by atoms with E-state index in [0.717, 1.165) is 30.4 Å². The van der Waals surface area contributed by atoms with Crippen LogP contribution in [0.4, 0.5) is 11.6 Å². The van der Waals surface area contributed by atoms with Crippen molar-refractivity contribution in [2.75, 3.05) is 23.3 Å². The molecule has 0 atom stereocenters. The van der Waals surface area contributed by atoms with E-state index < -0.39 is 0 Å². The quantitative estimate of drug-likeness (QED) is 0.928. The highest BCUT2D eigenvalue weighted by atomic mass is 16.5. The van der Waals surface area contributed by atoms with E-state index in [9.17, 15) is 4.79 Å². The number of hydrogen-bond acceptors (Lipinski definition) is 6. The largest absolute Gasteiger partial charge is 0.351 e. The van der Waals surface area contributed by atoms with Gasteiger partial charge in [0.1, 0.15) is 0 Å². The smallest absolute Gasteiger partial charge is 0.294 e. The Morgan fingerprint density at radius 2 is 1.90 bits per heavy atom. The lowest BCUT2D eigenvalue weighted by Crippen LogP contribution is -2.22. The summed E-state index contributed by atoms with van der Waals surface area (Å²) in [7, 11) is 0. The molecular formula is C14H17N5O2. The van der Waals surface area contributed by atoms with Gasteiger partial charge in [0, 0.05) is 19.2 Å². The van der Waals surface area contributed by atoms with Crippen LogP contribution in [0.25, 0.3) is 0 Å². The zero-order valence-corrected chi connectivity index (χ0v) is 12.1. The molecule has 3 rings (SSSR count). The van der Waals surface area contributed by atoms with E-state index in [1.165, 1.54) is 25.1 Å². The first-order chi connectivity index (χ1) is 10.1. The number of carbonyl (C=O) groups excluding carboxylic acids is 1. The minimum atomic E-state index is -0.351. The van der Waals surface area contributed by atoms with Crippen molar-refractivity contribution in [2.45, 2.75) is 26.7 Å². The molecule has 1 N–H and O–H groups in total. The van der Waals surface area contributed by atoms with Crippen LogP contribution in [0.15, 0.2) is 16.8 Å². The van der Waals surface area contributed by atoms with Crippen molar-refractivity contribution >= 4 is 17.5 Å². The molecule has 2 aromatic heterocycles. The Labute approximate surface area is 122 Å². The van der Waals surface area contributed by atoms with Crippen molar-refractivity contribution in [1.82, 2.24) is 15.1 Å². The highest BCUT2D eigenvalue weighted by Crippen LogP contribution is 2.23. The lowest BCUT2D eigenvalue weighted by Gasteiger charge is -2.18. The molecule has 0 aromatic carbocycles. The lowest BCUT2D eigenvalue weighted by molar-refractivity contribution is 0.0987. The van der Waals surface area contributed by atoms with Gasteiger partial charge >= 0.3 is 0 Å². The third-order valence-electron chi connectivity index (χ3n) is 3.55. The van der Waals surface area contributed by atoms with Gasteiger partial charge in [-0.2, -0.15) is 0 Å². The average Bonchev–Trinajstić information content (AvgIpc) is 3.14. The standard InChI is InChI=1S/C14H17N5O2/c1-9-12(18-13(20)11-5-6-15-21-11)10(2)17-14(16-9)19-7-3-4-8-19/h5-6H,3-4,7-8H2,1-2H3,(H,18,20). The SMILES string of the molecule is Cc1nc(N2CCCC2)nc(C)c1NC(=O)c1ccno1. The second kappa shape index (κ2) is 5.51. The van der Waals surface area contributed by atoms with Gasteiger partial charge in [0.15, 0.2) is 0 Å². The van der Waals surface area contributed by atoms with Crippen LogP contribution in [0.2, 0.25) is 0 Å². The predicted octanol–water partition coefficient (Wildman–Crippen LogP) is 1.93. The minimum absolute atomic E-state index is 0.164. The van der Waals surface area contributed by atoms with Crippen LogP contribution in [0.3, 0.4) is 0 Å². The van der Waals surface area contributed by atoms with Gasteiger partial charge in [-0.3, -0.25) is 4.79 Å². The summed E-state index contributed by atoms with van der Waals surface area (Å²) in [6.07, 6.45) is 3.78. The molecule has 0 radical (unpaired) electrons. The molecule has 0 aliphatic carbocycles. The first-order valence-electron chi connectivity index (χ1n) is 6.97. The maximum Gasteiger partial charge on any atom is 0.294 e. The van der Waals surface area contributed by atoms with E-state index in [-0.39, 0.29) is 11.7 Å². The van der Waals surface area contributed by atoms with Gasteiger partial charge in [-0.1, -0.05) is 5.16 Å². The number of aryl methyl sites for hydroxylation is 2. The topological polar surface area (TPSA) is 84.2 Å². The van der Waals surface area contributed by atoms with Crippen molar-refractivity contribution in [1.29, 1.82) is 0 Å². The number of nitrogens with zero attached hydrogens (tertiary/aromatic N) is 4. The molecular weight excluding hydrogens is 270 g/mol. The molecule has 1 aliphatic rings. The molecule has 1 aliphatic heterocycles. The second-order valence-corrected chi connectivity index (χ2v) is 5.09. The van der Waals surface area contributed by atoms with Gasteiger partial charge in [-0.15, -0.1) is 0 Å². The molecule has 1 fully saturated rings. The summed E-state index contributed by atoms with van der Waals surface area (Å²) in [5.74, 6) is 0.550. The minimum Gasteiger partial charge on any atom is -0.351 e. The number of anilines is 2. The highest BCUT2D eigenvalue weighted by Gasteiger charge is 2.19. The van der Waals surface area contributed by atoms with Gasteiger partial charge < -0.3 is 14.7 Å². The Morgan fingerprint density at radius 1 is 1.24 bits per heavy atom. The first kappa shape index (κ1) is 13.5. The molecule has 0 saturated carbocycles. The maximum atomic E-state index is 12.0. The van der Waals surface area contributed by atoms with Gasteiger partial charge in [-0.05, 0) is 26.7 Å². The first-order valence-corrected chi connectivity index (χ1v) is 6.97. The van der Waals surface area contributed by atoms with Gasteiger partial charge in [-0.25, -0.2) is 9.97 Å². The van der Waals surface area contributed by atoms with Crippen molar-refractivity contribution in [2.24, 2.45) is 0 Å². The molecule has 0 spiro atoms. The fraction of sp³-hybridized carbons (Fsp3) is 0.429. The number of amides is 1. The molecule has 0 unspecified atom stereocenters. The third kappa shape index (κ3) is 2.72. The summed E-state index contributed by atoms with van der Waals surface area (Å²) < 4.78 is 4.84. The van der Waals surface area contributed by atoms with Crippen LogP contribution in [-0.4, -0.2) is 34.1 Å². The van der Waals surface area contributed by atoms with Crippen molar-refractivity contribution in [3.05, 3.63) is 29.4 Å². The summed E-state index contributed by atoms with van der Waals surface area (Å²) in [6.45, 7) is 5.71. The van der Waals surface area contributed by atoms with Crippen LogP contribution in [0.5, 0.6) is 0 Å². The van der Waals surface area contributed by atoms with Crippen LogP contribution in [0.1, 0.15) is 34.8 Å². The summed E-state index contributed by atoms with van der Waals surface area (Å²) in [6, 6.07) is 1.51. The van der Waals surface area contributed by atoms with E-state index >= 15 is 0 Å². The zero-order chi connectivity index (χ0) is 14.8. The molecule has 3 heterocycles. The van der Waals surface area contributed by atoms with Crippen molar-refractivity contribution in [3.8, 4) is 0 Å². The molecule has 1 saturated heterocycles. The van der Waals surface area contributed by atoms with E-state index in [1.807, 2.05) is 13.8 Å². The third-order valence-corrected chi connectivity index (χ3v) is 3.55. The predicted molar refractivity (Wildman–Crippen MR) is 77.4 cm³/mol. The summed E-state index contributed by atoms with van der Waals surface area (Å²) in [4.78, 5) is 23.2. The van der Waals surface area contributed by atoms with Crippen LogP contribution < -0.4 is 10.2 Å². The Bertz CT molecular complexity index is 624. The lowest BCUT2D eigenvalue weighted by atomic mass is 10.2. The zero-order valence-electron chi connectivity index (χ0n) is 12.1. The summed E-state index contributed by atoms with van der Waals surface area (Å²) in [5.41, 5.74) is 2.12. The van der Waals surface area contributed by atoms with Crippen molar-refractivity contribution < 1.29 is 9.32 Å². The van der Waals surface area contributed by atoms with E-state index in [2.05, 4.69) is 25.3 Å². The summed E-state index contributed by atoms with van der Waals surface area (Å²) >= 11 is 0. The maximum absolute atomic E-state index is 12.0. The van der Waals surface area contributed by atoms with Gasteiger partial charge in [0.2, 0.25) is 11.7 Å². The van der Waals surface area contributed by atoms with Crippen molar-refractivity contribution in [3.63, 3.8) is 0 Å². The normalized spacial score (nSPS) is 14.5. The fourth-order valence-corrected chi connectivity index (χ4v) is 2.45. The molecule has 2 aromatic rings. The van der Waals surface area contributed by atoms with E-state index in [1.54, 1.807) is 0 Å². The molecule has 7 heteroatoms.